The predicted molar refractivity (Wildman–Crippen MR) is 54.1 cm³/mol. The van der Waals surface area contributed by atoms with E-state index < -0.39 is 12.0 Å². The summed E-state index contributed by atoms with van der Waals surface area (Å²) >= 11 is 0. The Morgan fingerprint density at radius 3 is 2.73 bits per heavy atom. The molecule has 0 fully saturated rings. The zero-order valence-electron chi connectivity index (χ0n) is 9.14. The van der Waals surface area contributed by atoms with Gasteiger partial charge in [0.15, 0.2) is 0 Å². The van der Waals surface area contributed by atoms with Crippen LogP contribution in [0.3, 0.4) is 0 Å². The third kappa shape index (κ3) is 3.32. The monoisotopic (exact) mass is 212 g/mol. The van der Waals surface area contributed by atoms with Crippen LogP contribution in [-0.2, 0) is 18.4 Å². The first kappa shape index (κ1) is 11.6. The topological polar surface area (TPSA) is 80.0 Å². The number of rotatable bonds is 5. The van der Waals surface area contributed by atoms with E-state index in [1.165, 1.54) is 0 Å². The molecule has 0 radical (unpaired) electrons. The summed E-state index contributed by atoms with van der Waals surface area (Å²) in [6.45, 7) is 4.15. The van der Waals surface area contributed by atoms with Gasteiger partial charge in [0.25, 0.3) is 0 Å². The molecular formula is C9H16N4O2. The molecular weight excluding hydrogens is 196 g/mol. The SMILES string of the molecule is CC(C)C(NCc1cn(C)nn1)C(=O)O. The molecule has 0 amide bonds. The van der Waals surface area contributed by atoms with Crippen molar-refractivity contribution >= 4 is 5.97 Å². The largest absolute Gasteiger partial charge is 0.480 e. The number of hydrogen-bond donors (Lipinski definition) is 2. The van der Waals surface area contributed by atoms with Crippen LogP contribution in [0.2, 0.25) is 0 Å². The predicted octanol–water partition coefficient (Wildman–Crippen LogP) is 0.0139. The molecule has 0 saturated carbocycles. The highest BCUT2D eigenvalue weighted by molar-refractivity contribution is 5.73. The van der Waals surface area contributed by atoms with Gasteiger partial charge in [0.2, 0.25) is 0 Å². The molecule has 1 aromatic heterocycles. The summed E-state index contributed by atoms with van der Waals surface area (Å²) < 4.78 is 1.59. The molecule has 1 heterocycles. The van der Waals surface area contributed by atoms with Gasteiger partial charge in [-0.1, -0.05) is 19.1 Å². The molecule has 2 N–H and O–H groups in total. The molecule has 6 heteroatoms. The maximum atomic E-state index is 10.9. The summed E-state index contributed by atoms with van der Waals surface area (Å²) in [4.78, 5) is 10.9. The second-order valence-corrected chi connectivity index (χ2v) is 3.82. The Balaban J connectivity index is 2.50. The van der Waals surface area contributed by atoms with Gasteiger partial charge in [0.05, 0.1) is 5.69 Å². The molecule has 15 heavy (non-hydrogen) atoms. The van der Waals surface area contributed by atoms with Gasteiger partial charge in [-0.05, 0) is 5.92 Å². The van der Waals surface area contributed by atoms with Gasteiger partial charge < -0.3 is 5.11 Å². The van der Waals surface area contributed by atoms with Crippen LogP contribution in [0.25, 0.3) is 0 Å². The first-order valence-electron chi connectivity index (χ1n) is 4.82. The molecule has 1 rings (SSSR count). The second-order valence-electron chi connectivity index (χ2n) is 3.82. The van der Waals surface area contributed by atoms with Crippen molar-refractivity contribution in [3.05, 3.63) is 11.9 Å². The van der Waals surface area contributed by atoms with Gasteiger partial charge in [-0.2, -0.15) is 0 Å². The average Bonchev–Trinajstić information content (AvgIpc) is 2.50. The van der Waals surface area contributed by atoms with Crippen molar-refractivity contribution in [2.24, 2.45) is 13.0 Å². The number of aliphatic carboxylic acids is 1. The maximum absolute atomic E-state index is 10.9. The number of carbonyl (C=O) groups is 1. The highest BCUT2D eigenvalue weighted by atomic mass is 16.4. The van der Waals surface area contributed by atoms with E-state index in [0.29, 0.717) is 6.54 Å². The molecule has 0 bridgehead atoms. The van der Waals surface area contributed by atoms with Crippen molar-refractivity contribution in [1.29, 1.82) is 0 Å². The van der Waals surface area contributed by atoms with Crippen LogP contribution in [0.5, 0.6) is 0 Å². The summed E-state index contributed by atoms with van der Waals surface area (Å²) in [5, 5.41) is 19.5. The molecule has 6 nitrogen and oxygen atoms in total. The van der Waals surface area contributed by atoms with E-state index >= 15 is 0 Å². The normalized spacial score (nSPS) is 13.1. The van der Waals surface area contributed by atoms with Crippen molar-refractivity contribution < 1.29 is 9.90 Å². The Bertz CT molecular complexity index is 335. The molecule has 0 aliphatic heterocycles. The van der Waals surface area contributed by atoms with Crippen LogP contribution in [0.4, 0.5) is 0 Å². The van der Waals surface area contributed by atoms with Crippen LogP contribution < -0.4 is 5.32 Å². The minimum absolute atomic E-state index is 0.0409. The van der Waals surface area contributed by atoms with E-state index in [9.17, 15) is 4.79 Å². The summed E-state index contributed by atoms with van der Waals surface area (Å²) in [6, 6.07) is -0.549. The molecule has 0 spiro atoms. The van der Waals surface area contributed by atoms with Gasteiger partial charge in [0, 0.05) is 19.8 Å². The van der Waals surface area contributed by atoms with E-state index in [0.717, 1.165) is 5.69 Å². The summed E-state index contributed by atoms with van der Waals surface area (Å²) in [5.74, 6) is -0.798. The van der Waals surface area contributed by atoms with Crippen molar-refractivity contribution in [2.45, 2.75) is 26.4 Å². The lowest BCUT2D eigenvalue weighted by molar-refractivity contribution is -0.140. The van der Waals surface area contributed by atoms with Crippen LogP contribution in [0, 0.1) is 5.92 Å². The molecule has 0 aliphatic carbocycles. The van der Waals surface area contributed by atoms with Crippen LogP contribution in [-0.4, -0.2) is 32.1 Å². The summed E-state index contributed by atoms with van der Waals surface area (Å²) in [5.41, 5.74) is 0.740. The van der Waals surface area contributed by atoms with Gasteiger partial charge in [-0.15, -0.1) is 5.10 Å². The number of carboxylic acid groups (broad SMARTS) is 1. The third-order valence-corrected chi connectivity index (χ3v) is 2.09. The fraction of sp³-hybridized carbons (Fsp3) is 0.667. The highest BCUT2D eigenvalue weighted by Gasteiger charge is 2.20. The number of hydrogen-bond acceptors (Lipinski definition) is 4. The molecule has 0 aromatic carbocycles. The Labute approximate surface area is 88.3 Å². The molecule has 0 aliphatic rings. The minimum atomic E-state index is -0.839. The number of aromatic nitrogens is 3. The van der Waals surface area contributed by atoms with Crippen molar-refractivity contribution in [3.8, 4) is 0 Å². The van der Waals surface area contributed by atoms with Crippen molar-refractivity contribution in [2.75, 3.05) is 0 Å². The van der Waals surface area contributed by atoms with E-state index in [1.54, 1.807) is 17.9 Å². The fourth-order valence-electron chi connectivity index (χ4n) is 1.30. The Morgan fingerprint density at radius 1 is 1.67 bits per heavy atom. The third-order valence-electron chi connectivity index (χ3n) is 2.09. The van der Waals surface area contributed by atoms with Gasteiger partial charge in [0.1, 0.15) is 6.04 Å². The molecule has 1 atom stereocenters. The first-order valence-corrected chi connectivity index (χ1v) is 4.82. The smallest absolute Gasteiger partial charge is 0.320 e. The zero-order valence-corrected chi connectivity index (χ0v) is 9.14. The van der Waals surface area contributed by atoms with Crippen LogP contribution in [0.15, 0.2) is 6.20 Å². The van der Waals surface area contributed by atoms with Crippen LogP contribution >= 0.6 is 0 Å². The second kappa shape index (κ2) is 4.88. The average molecular weight is 212 g/mol. The van der Waals surface area contributed by atoms with Gasteiger partial charge in [-0.3, -0.25) is 14.8 Å². The number of nitrogens with one attached hydrogen (secondary N) is 1. The van der Waals surface area contributed by atoms with Crippen molar-refractivity contribution in [1.82, 2.24) is 20.3 Å². The molecule has 1 unspecified atom stereocenters. The zero-order chi connectivity index (χ0) is 11.4. The van der Waals surface area contributed by atoms with E-state index in [4.69, 9.17) is 5.11 Å². The summed E-state index contributed by atoms with van der Waals surface area (Å²) in [6.07, 6.45) is 1.76. The number of carboxylic acids is 1. The van der Waals surface area contributed by atoms with E-state index in [2.05, 4.69) is 15.6 Å². The molecule has 1 aromatic rings. The first-order chi connectivity index (χ1) is 7.00. The number of nitrogens with zero attached hydrogens (tertiary/aromatic N) is 3. The maximum Gasteiger partial charge on any atom is 0.320 e. The Kier molecular flexibility index (Phi) is 3.79. The molecule has 0 saturated heterocycles. The summed E-state index contributed by atoms with van der Waals surface area (Å²) in [7, 11) is 1.77. The fourth-order valence-corrected chi connectivity index (χ4v) is 1.30. The Morgan fingerprint density at radius 2 is 2.33 bits per heavy atom. The lowest BCUT2D eigenvalue weighted by Crippen LogP contribution is -2.40. The van der Waals surface area contributed by atoms with Gasteiger partial charge >= 0.3 is 5.97 Å². The standard InChI is InChI=1S/C9H16N4O2/c1-6(2)8(9(14)15)10-4-7-5-13(3)12-11-7/h5-6,8,10H,4H2,1-3H3,(H,14,15). The lowest BCUT2D eigenvalue weighted by atomic mass is 10.1. The van der Waals surface area contributed by atoms with E-state index in [1.807, 2.05) is 13.8 Å². The number of aryl methyl sites for hydroxylation is 1. The minimum Gasteiger partial charge on any atom is -0.480 e. The Hall–Kier alpha value is -1.43. The molecule has 84 valence electrons. The lowest BCUT2D eigenvalue weighted by Gasteiger charge is -2.16. The highest BCUT2D eigenvalue weighted by Crippen LogP contribution is 2.02. The van der Waals surface area contributed by atoms with Crippen LogP contribution in [0.1, 0.15) is 19.5 Å². The van der Waals surface area contributed by atoms with Crippen molar-refractivity contribution in [3.63, 3.8) is 0 Å². The quantitative estimate of drug-likeness (QED) is 0.719. The van der Waals surface area contributed by atoms with E-state index in [-0.39, 0.29) is 5.92 Å². The van der Waals surface area contributed by atoms with Gasteiger partial charge in [-0.25, -0.2) is 0 Å².